The van der Waals surface area contributed by atoms with Crippen LogP contribution in [0.1, 0.15) is 25.8 Å². The van der Waals surface area contributed by atoms with E-state index in [-0.39, 0.29) is 25.3 Å². The van der Waals surface area contributed by atoms with E-state index >= 15 is 0 Å². The Labute approximate surface area is 178 Å². The number of ether oxygens (including phenoxy) is 1. The third kappa shape index (κ3) is 4.27. The second-order valence-electron chi connectivity index (χ2n) is 7.41. The van der Waals surface area contributed by atoms with Crippen molar-refractivity contribution in [2.45, 2.75) is 43.8 Å². The molecule has 1 saturated heterocycles. The third-order valence-corrected chi connectivity index (χ3v) is 5.37. The van der Waals surface area contributed by atoms with E-state index in [4.69, 9.17) is 16.3 Å². The topological polar surface area (TPSA) is 70.1 Å². The number of benzene rings is 1. The number of hydrogen-bond acceptors (Lipinski definition) is 4. The van der Waals surface area contributed by atoms with Crippen LogP contribution in [-0.2, 0) is 10.4 Å². The van der Waals surface area contributed by atoms with Crippen molar-refractivity contribution in [2.24, 2.45) is 0 Å². The van der Waals surface area contributed by atoms with Crippen molar-refractivity contribution < 1.29 is 45.8 Å². The summed E-state index contributed by atoms with van der Waals surface area (Å²) in [5.41, 5.74) is -7.62. The van der Waals surface area contributed by atoms with Crippen molar-refractivity contribution >= 4 is 23.5 Å². The lowest BCUT2D eigenvalue weighted by atomic mass is 9.92. The van der Waals surface area contributed by atoms with Crippen molar-refractivity contribution in [3.05, 3.63) is 28.8 Å². The largest absolute Gasteiger partial charge is 0.492 e. The predicted octanol–water partition coefficient (Wildman–Crippen LogP) is 4.09. The van der Waals surface area contributed by atoms with Gasteiger partial charge in [-0.1, -0.05) is 17.7 Å². The quantitative estimate of drug-likeness (QED) is 0.381. The number of likely N-dealkylation sites (N-methyl/N-ethyl adjacent to an activating group) is 1. The van der Waals surface area contributed by atoms with Crippen molar-refractivity contribution in [1.82, 2.24) is 9.80 Å². The summed E-state index contributed by atoms with van der Waals surface area (Å²) in [4.78, 5) is 26.6. The van der Waals surface area contributed by atoms with Crippen LogP contribution in [0.2, 0.25) is 5.02 Å². The first-order chi connectivity index (χ1) is 14.0. The number of amides is 3. The molecule has 1 N–H and O–H groups in total. The maximum absolute atomic E-state index is 13.0. The molecule has 1 heterocycles. The Morgan fingerprint density at radius 1 is 1.10 bits per heavy atom. The van der Waals surface area contributed by atoms with E-state index in [1.54, 1.807) is 13.8 Å². The van der Waals surface area contributed by atoms with Gasteiger partial charge in [-0.05, 0) is 32.4 Å². The zero-order valence-corrected chi connectivity index (χ0v) is 17.3. The molecule has 31 heavy (non-hydrogen) atoms. The molecule has 174 valence electrons. The number of halogens is 7. The first-order valence-electron chi connectivity index (χ1n) is 8.84. The summed E-state index contributed by atoms with van der Waals surface area (Å²) in [5, 5.41) is 8.81. The van der Waals surface area contributed by atoms with Gasteiger partial charge in [-0.25, -0.2) is 4.79 Å². The second kappa shape index (κ2) is 8.05. The summed E-state index contributed by atoms with van der Waals surface area (Å²) in [5.74, 6) is -0.644. The number of imide groups is 1. The van der Waals surface area contributed by atoms with Crippen molar-refractivity contribution in [3.63, 3.8) is 0 Å². The Hall–Kier alpha value is -2.21. The van der Waals surface area contributed by atoms with Crippen LogP contribution < -0.4 is 4.74 Å². The molecule has 1 aliphatic rings. The molecule has 1 fully saturated rings. The number of nitrogens with zero attached hydrogens (tertiary/aromatic N) is 2. The van der Waals surface area contributed by atoms with Crippen LogP contribution in [0.3, 0.4) is 0 Å². The predicted molar refractivity (Wildman–Crippen MR) is 96.5 cm³/mol. The first kappa shape index (κ1) is 25.1. The van der Waals surface area contributed by atoms with E-state index in [2.05, 4.69) is 0 Å². The summed E-state index contributed by atoms with van der Waals surface area (Å²) in [7, 11) is 1.47. The highest BCUT2D eigenvalue weighted by Crippen LogP contribution is 2.50. The Balaban J connectivity index is 2.07. The molecule has 0 radical (unpaired) electrons. The summed E-state index contributed by atoms with van der Waals surface area (Å²) >= 11 is 5.75. The molecule has 0 aromatic heterocycles. The maximum Gasteiger partial charge on any atom is 0.430 e. The normalized spacial score (nSPS) is 17.5. The molecule has 0 saturated carbocycles. The molecule has 3 amide bonds. The van der Waals surface area contributed by atoms with E-state index in [1.165, 1.54) is 11.9 Å². The molecule has 0 aliphatic carbocycles. The van der Waals surface area contributed by atoms with E-state index in [0.717, 1.165) is 11.0 Å². The van der Waals surface area contributed by atoms with Crippen molar-refractivity contribution in [1.29, 1.82) is 0 Å². The highest BCUT2D eigenvalue weighted by atomic mass is 35.5. The lowest BCUT2D eigenvalue weighted by Gasteiger charge is -2.32. The van der Waals surface area contributed by atoms with Gasteiger partial charge in [0.15, 0.2) is 0 Å². The Morgan fingerprint density at radius 2 is 1.65 bits per heavy atom. The number of carbonyl (C=O) groups excluding carboxylic acids is 2. The minimum atomic E-state index is -6.04. The van der Waals surface area contributed by atoms with Gasteiger partial charge in [0.1, 0.15) is 11.3 Å². The van der Waals surface area contributed by atoms with Gasteiger partial charge in [0.25, 0.3) is 11.5 Å². The molecule has 1 aliphatic heterocycles. The van der Waals surface area contributed by atoms with E-state index < -0.39 is 46.0 Å². The fourth-order valence-electron chi connectivity index (χ4n) is 2.91. The fraction of sp³-hybridized carbons (Fsp3) is 0.556. The SMILES string of the molecule is CN1C(=O)N(CCCOc2ccc(C(O)(C(F)(F)F)C(F)(F)F)cc2Cl)C(=O)C1(C)C. The summed E-state index contributed by atoms with van der Waals surface area (Å²) < 4.78 is 83.0. The van der Waals surface area contributed by atoms with Gasteiger partial charge >= 0.3 is 18.4 Å². The monoisotopic (exact) mass is 476 g/mol. The Kier molecular flexibility index (Phi) is 6.50. The van der Waals surface area contributed by atoms with Crippen LogP contribution in [0.15, 0.2) is 18.2 Å². The van der Waals surface area contributed by atoms with Crippen LogP contribution in [0.4, 0.5) is 31.1 Å². The number of aliphatic hydroxyl groups is 1. The minimum Gasteiger partial charge on any atom is -0.492 e. The molecule has 0 unspecified atom stereocenters. The van der Waals surface area contributed by atoms with Gasteiger partial charge in [-0.15, -0.1) is 0 Å². The van der Waals surface area contributed by atoms with E-state index in [9.17, 15) is 41.0 Å². The molecule has 13 heteroatoms. The lowest BCUT2D eigenvalue weighted by Crippen LogP contribution is -2.53. The first-order valence-corrected chi connectivity index (χ1v) is 9.22. The maximum atomic E-state index is 13.0. The van der Waals surface area contributed by atoms with Crippen LogP contribution in [0.25, 0.3) is 0 Å². The van der Waals surface area contributed by atoms with Crippen LogP contribution in [0.5, 0.6) is 5.75 Å². The van der Waals surface area contributed by atoms with Gasteiger partial charge in [0.2, 0.25) is 0 Å². The Morgan fingerprint density at radius 3 is 2.06 bits per heavy atom. The van der Waals surface area contributed by atoms with Gasteiger partial charge in [-0.2, -0.15) is 26.3 Å². The molecule has 0 atom stereocenters. The van der Waals surface area contributed by atoms with Crippen molar-refractivity contribution in [2.75, 3.05) is 20.2 Å². The number of alkyl halides is 6. The number of hydrogen-bond donors (Lipinski definition) is 1. The summed E-state index contributed by atoms with van der Waals surface area (Å²) in [6.07, 6.45) is -11.9. The molecule has 1 aromatic carbocycles. The molecule has 1 aromatic rings. The second-order valence-corrected chi connectivity index (χ2v) is 7.82. The molecule has 2 rings (SSSR count). The third-order valence-electron chi connectivity index (χ3n) is 5.08. The number of carbonyl (C=O) groups is 2. The van der Waals surface area contributed by atoms with E-state index in [0.29, 0.717) is 12.1 Å². The highest BCUT2D eigenvalue weighted by molar-refractivity contribution is 6.32. The molecular formula is C18H19ClF6N2O4. The van der Waals surface area contributed by atoms with Crippen LogP contribution in [0, 0.1) is 0 Å². The van der Waals surface area contributed by atoms with Gasteiger partial charge in [0, 0.05) is 19.2 Å². The van der Waals surface area contributed by atoms with Crippen LogP contribution >= 0.6 is 11.6 Å². The van der Waals surface area contributed by atoms with Gasteiger partial charge in [-0.3, -0.25) is 9.69 Å². The average Bonchev–Trinajstić information content (AvgIpc) is 2.78. The molecule has 0 spiro atoms. The average molecular weight is 477 g/mol. The highest BCUT2D eigenvalue weighted by Gasteiger charge is 2.71. The number of rotatable bonds is 6. The molecule has 6 nitrogen and oxygen atoms in total. The fourth-order valence-corrected chi connectivity index (χ4v) is 3.15. The van der Waals surface area contributed by atoms with Gasteiger partial charge < -0.3 is 14.7 Å². The standard InChI is InChI=1S/C18H19ClF6N2O4/c1-15(2)13(28)27(14(29)26(15)3)7-4-8-31-12-6-5-10(9-11(12)19)16(30,17(20,21)22)18(23,24)25/h5-6,9,30H,4,7-8H2,1-3H3. The van der Waals surface area contributed by atoms with Crippen molar-refractivity contribution in [3.8, 4) is 5.75 Å². The zero-order valence-electron chi connectivity index (χ0n) is 16.6. The molecular weight excluding hydrogens is 458 g/mol. The summed E-state index contributed by atoms with van der Waals surface area (Å²) in [6, 6.07) is 0.996. The summed E-state index contributed by atoms with van der Waals surface area (Å²) in [6.45, 7) is 3.01. The molecule has 0 bridgehead atoms. The Bertz CT molecular complexity index is 858. The lowest BCUT2D eigenvalue weighted by molar-refractivity contribution is -0.376. The van der Waals surface area contributed by atoms with Gasteiger partial charge in [0.05, 0.1) is 11.6 Å². The van der Waals surface area contributed by atoms with Crippen LogP contribution in [-0.4, -0.2) is 64.9 Å². The number of urea groups is 1. The zero-order chi connectivity index (χ0) is 24.0. The minimum absolute atomic E-state index is 0.0109. The smallest absolute Gasteiger partial charge is 0.430 e. The van der Waals surface area contributed by atoms with E-state index in [1.807, 2.05) is 0 Å².